The molecule has 0 aliphatic rings. The minimum atomic E-state index is -4.42. The van der Waals surface area contributed by atoms with E-state index in [9.17, 15) is 18.0 Å². The number of carbonyl (C=O) groups is 1. The van der Waals surface area contributed by atoms with Crippen molar-refractivity contribution < 1.29 is 18.0 Å². The molecule has 2 aromatic rings. The number of carbonyl (C=O) groups excluding carboxylic acids is 1. The molecule has 0 aliphatic carbocycles. The van der Waals surface area contributed by atoms with Crippen molar-refractivity contribution in [1.82, 2.24) is 10.3 Å². The number of amides is 1. The van der Waals surface area contributed by atoms with Gasteiger partial charge in [-0.1, -0.05) is 15.9 Å². The summed E-state index contributed by atoms with van der Waals surface area (Å²) in [6.45, 7) is -0.0568. The van der Waals surface area contributed by atoms with Gasteiger partial charge < -0.3 is 15.6 Å². The van der Waals surface area contributed by atoms with Crippen LogP contribution in [0.25, 0.3) is 0 Å². The maximum Gasteiger partial charge on any atom is 0.418 e. The molecule has 1 amide bonds. The zero-order chi connectivity index (χ0) is 16.3. The van der Waals surface area contributed by atoms with Crippen LogP contribution in [0.4, 0.5) is 18.9 Å². The lowest BCUT2D eigenvalue weighted by Gasteiger charge is -2.13. The molecule has 0 atom stereocenters. The van der Waals surface area contributed by atoms with Gasteiger partial charge in [-0.2, -0.15) is 13.2 Å². The highest BCUT2D eigenvalue weighted by molar-refractivity contribution is 9.10. The van der Waals surface area contributed by atoms with Crippen molar-refractivity contribution in [2.75, 3.05) is 12.4 Å². The molecule has 0 fully saturated rings. The summed E-state index contributed by atoms with van der Waals surface area (Å²) in [4.78, 5) is 14.2. The molecule has 0 saturated carbocycles. The van der Waals surface area contributed by atoms with Crippen LogP contribution in [-0.2, 0) is 12.7 Å². The first-order chi connectivity index (χ1) is 10.3. The fraction of sp³-hybridized carbons (Fsp3) is 0.214. The second kappa shape index (κ2) is 6.43. The van der Waals surface area contributed by atoms with E-state index >= 15 is 0 Å². The number of anilines is 1. The summed E-state index contributed by atoms with van der Waals surface area (Å²) in [5.41, 5.74) is 0.157. The summed E-state index contributed by atoms with van der Waals surface area (Å²) in [5, 5.41) is 5.36. The summed E-state index contributed by atoms with van der Waals surface area (Å²) >= 11 is 3.27. The first-order valence-electron chi connectivity index (χ1n) is 6.31. The molecule has 2 rings (SSSR count). The number of aromatic amines is 1. The van der Waals surface area contributed by atoms with Crippen molar-refractivity contribution in [3.05, 3.63) is 51.8 Å². The fourth-order valence-electron chi connectivity index (χ4n) is 1.99. The minimum Gasteiger partial charge on any atom is -0.380 e. The van der Waals surface area contributed by atoms with Crippen molar-refractivity contribution in [2.24, 2.45) is 0 Å². The number of hydrogen-bond acceptors (Lipinski definition) is 2. The summed E-state index contributed by atoms with van der Waals surface area (Å²) in [6, 6.07) is 4.92. The number of benzene rings is 1. The largest absolute Gasteiger partial charge is 0.418 e. The average Bonchev–Trinajstić information content (AvgIpc) is 2.93. The second-order valence-corrected chi connectivity index (χ2v) is 5.43. The molecule has 1 heterocycles. The molecule has 0 aliphatic heterocycles. The van der Waals surface area contributed by atoms with Crippen LogP contribution in [0.15, 0.2) is 35.1 Å². The van der Waals surface area contributed by atoms with Gasteiger partial charge in [-0.25, -0.2) is 0 Å². The van der Waals surface area contributed by atoms with E-state index in [-0.39, 0.29) is 18.0 Å². The standard InChI is InChI=1S/C14H13BrF3N3O/c1-19-13(22)10-3-2-9(15)4-12(10)21-6-8-5-20-7-11(8)14(16,17)18/h2-5,7,20-21H,6H2,1H3,(H,19,22). The number of nitrogens with one attached hydrogen (secondary N) is 3. The second-order valence-electron chi connectivity index (χ2n) is 4.51. The molecule has 0 radical (unpaired) electrons. The molecule has 4 nitrogen and oxygen atoms in total. The number of aromatic nitrogens is 1. The Bertz CT molecular complexity index is 682. The number of hydrogen-bond donors (Lipinski definition) is 3. The van der Waals surface area contributed by atoms with E-state index in [2.05, 4.69) is 31.5 Å². The smallest absolute Gasteiger partial charge is 0.380 e. The summed E-state index contributed by atoms with van der Waals surface area (Å²) in [6.07, 6.45) is -2.22. The van der Waals surface area contributed by atoms with Crippen LogP contribution >= 0.6 is 15.9 Å². The van der Waals surface area contributed by atoms with E-state index in [0.717, 1.165) is 6.20 Å². The fourth-order valence-corrected chi connectivity index (χ4v) is 2.35. The lowest BCUT2D eigenvalue weighted by atomic mass is 10.1. The van der Waals surface area contributed by atoms with Crippen LogP contribution in [0.2, 0.25) is 0 Å². The van der Waals surface area contributed by atoms with Gasteiger partial charge in [0.25, 0.3) is 5.91 Å². The molecule has 118 valence electrons. The van der Waals surface area contributed by atoms with Gasteiger partial charge in [-0.3, -0.25) is 4.79 Å². The Morgan fingerprint density at radius 2 is 2.05 bits per heavy atom. The lowest BCUT2D eigenvalue weighted by molar-refractivity contribution is -0.138. The Hall–Kier alpha value is -1.96. The molecular weight excluding hydrogens is 363 g/mol. The molecule has 0 bridgehead atoms. The molecule has 1 aromatic heterocycles. The first-order valence-corrected chi connectivity index (χ1v) is 7.10. The van der Waals surface area contributed by atoms with Crippen LogP contribution in [0.3, 0.4) is 0 Å². The average molecular weight is 376 g/mol. The van der Waals surface area contributed by atoms with E-state index < -0.39 is 11.7 Å². The topological polar surface area (TPSA) is 56.9 Å². The molecule has 0 unspecified atom stereocenters. The summed E-state index contributed by atoms with van der Waals surface area (Å²) in [5.74, 6) is -0.319. The Morgan fingerprint density at radius 3 is 2.68 bits per heavy atom. The quantitative estimate of drug-likeness (QED) is 0.761. The number of rotatable bonds is 4. The van der Waals surface area contributed by atoms with Gasteiger partial charge in [0.2, 0.25) is 0 Å². The zero-order valence-corrected chi connectivity index (χ0v) is 13.1. The summed E-state index contributed by atoms with van der Waals surface area (Å²) in [7, 11) is 1.49. The van der Waals surface area contributed by atoms with E-state index in [1.165, 1.54) is 13.2 Å². The molecule has 0 saturated heterocycles. The van der Waals surface area contributed by atoms with E-state index in [1.807, 2.05) is 0 Å². The number of alkyl halides is 3. The van der Waals surface area contributed by atoms with Crippen LogP contribution in [0, 0.1) is 0 Å². The van der Waals surface area contributed by atoms with Gasteiger partial charge in [0.15, 0.2) is 0 Å². The predicted octanol–water partition coefficient (Wildman–Crippen LogP) is 3.77. The third-order valence-corrected chi connectivity index (χ3v) is 3.55. The van der Waals surface area contributed by atoms with Crippen LogP contribution < -0.4 is 10.6 Å². The van der Waals surface area contributed by atoms with Gasteiger partial charge in [0.05, 0.1) is 11.1 Å². The van der Waals surface area contributed by atoms with Crippen molar-refractivity contribution in [3.63, 3.8) is 0 Å². The highest BCUT2D eigenvalue weighted by Crippen LogP contribution is 2.32. The van der Waals surface area contributed by atoms with Crippen molar-refractivity contribution in [2.45, 2.75) is 12.7 Å². The molecule has 1 aromatic carbocycles. The van der Waals surface area contributed by atoms with Gasteiger partial charge in [-0.05, 0) is 18.2 Å². The van der Waals surface area contributed by atoms with Gasteiger partial charge in [0.1, 0.15) is 0 Å². The third-order valence-electron chi connectivity index (χ3n) is 3.06. The number of H-pyrrole nitrogens is 1. The van der Waals surface area contributed by atoms with Crippen molar-refractivity contribution in [3.8, 4) is 0 Å². The molecule has 0 spiro atoms. The highest BCUT2D eigenvalue weighted by atomic mass is 79.9. The third kappa shape index (κ3) is 3.62. The Labute approximate surface area is 133 Å². The first kappa shape index (κ1) is 16.4. The maximum absolute atomic E-state index is 12.8. The van der Waals surface area contributed by atoms with Crippen molar-refractivity contribution >= 4 is 27.5 Å². The predicted molar refractivity (Wildman–Crippen MR) is 80.7 cm³/mol. The SMILES string of the molecule is CNC(=O)c1ccc(Br)cc1NCc1c[nH]cc1C(F)(F)F. The molecule has 8 heteroatoms. The Kier molecular flexibility index (Phi) is 4.80. The van der Waals surface area contributed by atoms with Crippen LogP contribution in [-0.4, -0.2) is 17.9 Å². The highest BCUT2D eigenvalue weighted by Gasteiger charge is 2.33. The van der Waals surface area contributed by atoms with E-state index in [0.29, 0.717) is 15.7 Å². The monoisotopic (exact) mass is 375 g/mol. The van der Waals surface area contributed by atoms with E-state index in [4.69, 9.17) is 0 Å². The zero-order valence-electron chi connectivity index (χ0n) is 11.5. The van der Waals surface area contributed by atoms with Gasteiger partial charge in [0, 0.05) is 41.7 Å². The van der Waals surface area contributed by atoms with Crippen molar-refractivity contribution in [1.29, 1.82) is 0 Å². The Balaban J connectivity index is 2.24. The summed E-state index contributed by atoms with van der Waals surface area (Å²) < 4.78 is 39.2. The van der Waals surface area contributed by atoms with Crippen LogP contribution in [0.5, 0.6) is 0 Å². The number of halogens is 4. The Morgan fingerprint density at radius 1 is 1.32 bits per heavy atom. The van der Waals surface area contributed by atoms with E-state index in [1.54, 1.807) is 18.2 Å². The molecule has 22 heavy (non-hydrogen) atoms. The normalized spacial score (nSPS) is 11.3. The van der Waals surface area contributed by atoms with Gasteiger partial charge >= 0.3 is 6.18 Å². The lowest BCUT2D eigenvalue weighted by Crippen LogP contribution is -2.20. The molecule has 3 N–H and O–H groups in total. The van der Waals surface area contributed by atoms with Crippen LogP contribution in [0.1, 0.15) is 21.5 Å². The maximum atomic E-state index is 12.8. The van der Waals surface area contributed by atoms with Gasteiger partial charge in [-0.15, -0.1) is 0 Å². The minimum absolute atomic E-state index is 0.0568. The molecular formula is C14H13BrF3N3O.